The zero-order valence-electron chi connectivity index (χ0n) is 13.1. The second kappa shape index (κ2) is 6.12. The normalized spacial score (nSPS) is 10.9. The van der Waals surface area contributed by atoms with Crippen molar-refractivity contribution in [1.82, 2.24) is 19.9 Å². The largest absolute Gasteiger partial charge is 0.493 e. The van der Waals surface area contributed by atoms with E-state index in [1.807, 2.05) is 30.3 Å². The maximum absolute atomic E-state index is 12.5. The molecule has 0 aliphatic carbocycles. The fourth-order valence-electron chi connectivity index (χ4n) is 2.54. The Hall–Kier alpha value is -3.61. The van der Waals surface area contributed by atoms with E-state index in [1.54, 1.807) is 6.07 Å². The molecule has 0 atom stereocenters. The molecule has 7 nitrogen and oxygen atoms in total. The Kier molecular flexibility index (Phi) is 3.66. The van der Waals surface area contributed by atoms with Gasteiger partial charge in [-0.2, -0.15) is 9.61 Å². The van der Waals surface area contributed by atoms with Crippen LogP contribution >= 0.6 is 0 Å². The van der Waals surface area contributed by atoms with Gasteiger partial charge in [-0.1, -0.05) is 30.3 Å². The SMILES string of the molecule is O=C(NCc1ccccc1)c1cnn2c(O)cc(-c3ccoc3)nc12. The first kappa shape index (κ1) is 14.9. The Morgan fingerprint density at radius 2 is 2.08 bits per heavy atom. The van der Waals surface area contributed by atoms with E-state index in [4.69, 9.17) is 4.42 Å². The van der Waals surface area contributed by atoms with E-state index in [2.05, 4.69) is 15.4 Å². The number of benzene rings is 1. The van der Waals surface area contributed by atoms with Gasteiger partial charge in [-0.3, -0.25) is 4.79 Å². The van der Waals surface area contributed by atoms with Gasteiger partial charge in [0.2, 0.25) is 5.88 Å². The third-order valence-corrected chi connectivity index (χ3v) is 3.81. The molecule has 0 saturated carbocycles. The van der Waals surface area contributed by atoms with Gasteiger partial charge < -0.3 is 14.8 Å². The Morgan fingerprint density at radius 1 is 1.24 bits per heavy atom. The number of aromatic nitrogens is 3. The lowest BCUT2D eigenvalue weighted by Crippen LogP contribution is -2.22. The van der Waals surface area contributed by atoms with E-state index in [0.29, 0.717) is 17.8 Å². The van der Waals surface area contributed by atoms with Gasteiger partial charge in [-0.05, 0) is 11.6 Å². The summed E-state index contributed by atoms with van der Waals surface area (Å²) >= 11 is 0. The van der Waals surface area contributed by atoms with Crippen LogP contribution in [0.2, 0.25) is 0 Å². The molecule has 3 heterocycles. The predicted octanol–water partition coefficient (Wildman–Crippen LogP) is 2.62. The second-order valence-corrected chi connectivity index (χ2v) is 5.47. The van der Waals surface area contributed by atoms with Crippen molar-refractivity contribution in [3.8, 4) is 17.1 Å². The van der Waals surface area contributed by atoms with Gasteiger partial charge in [0.05, 0.1) is 24.4 Å². The zero-order valence-corrected chi connectivity index (χ0v) is 13.1. The molecule has 4 rings (SSSR count). The zero-order chi connectivity index (χ0) is 17.2. The Bertz CT molecular complexity index is 1020. The molecular formula is C18H14N4O3. The highest BCUT2D eigenvalue weighted by molar-refractivity contribution is 5.99. The number of hydrogen-bond acceptors (Lipinski definition) is 5. The highest BCUT2D eigenvalue weighted by Gasteiger charge is 2.17. The molecular weight excluding hydrogens is 320 g/mol. The number of carbonyl (C=O) groups is 1. The van der Waals surface area contributed by atoms with Crippen molar-refractivity contribution in [3.63, 3.8) is 0 Å². The molecule has 0 spiro atoms. The van der Waals surface area contributed by atoms with E-state index < -0.39 is 0 Å². The number of aromatic hydroxyl groups is 1. The molecule has 0 fully saturated rings. The van der Waals surface area contributed by atoms with Crippen molar-refractivity contribution in [2.75, 3.05) is 0 Å². The second-order valence-electron chi connectivity index (χ2n) is 5.47. The minimum absolute atomic E-state index is 0.108. The van der Waals surface area contributed by atoms with Crippen LogP contribution in [0.4, 0.5) is 0 Å². The number of fused-ring (bicyclic) bond motifs is 1. The molecule has 124 valence electrons. The van der Waals surface area contributed by atoms with E-state index in [1.165, 1.54) is 29.3 Å². The molecule has 4 aromatic rings. The first-order chi connectivity index (χ1) is 12.2. The lowest BCUT2D eigenvalue weighted by atomic mass is 10.2. The summed E-state index contributed by atoms with van der Waals surface area (Å²) in [4.78, 5) is 16.9. The van der Waals surface area contributed by atoms with E-state index >= 15 is 0 Å². The lowest BCUT2D eigenvalue weighted by Gasteiger charge is -2.05. The van der Waals surface area contributed by atoms with Crippen LogP contribution in [0.3, 0.4) is 0 Å². The van der Waals surface area contributed by atoms with Gasteiger partial charge in [-0.25, -0.2) is 4.98 Å². The van der Waals surface area contributed by atoms with Gasteiger partial charge in [-0.15, -0.1) is 0 Å². The summed E-state index contributed by atoms with van der Waals surface area (Å²) in [5, 5.41) is 17.0. The van der Waals surface area contributed by atoms with Crippen LogP contribution in [-0.2, 0) is 6.54 Å². The molecule has 2 N–H and O–H groups in total. The van der Waals surface area contributed by atoms with Crippen molar-refractivity contribution >= 4 is 11.6 Å². The summed E-state index contributed by atoms with van der Waals surface area (Å²) in [6.45, 7) is 0.393. The molecule has 7 heteroatoms. The Balaban J connectivity index is 1.66. The average Bonchev–Trinajstić information content (AvgIpc) is 3.30. The number of nitrogens with one attached hydrogen (secondary N) is 1. The summed E-state index contributed by atoms with van der Waals surface area (Å²) in [6, 6.07) is 12.8. The van der Waals surface area contributed by atoms with E-state index in [-0.39, 0.29) is 23.0 Å². The fourth-order valence-corrected chi connectivity index (χ4v) is 2.54. The average molecular weight is 334 g/mol. The molecule has 0 radical (unpaired) electrons. The number of furan rings is 1. The summed E-state index contributed by atoms with van der Waals surface area (Å²) in [5.74, 6) is -0.418. The van der Waals surface area contributed by atoms with Crippen LogP contribution in [-0.4, -0.2) is 25.6 Å². The van der Waals surface area contributed by atoms with Crippen LogP contribution in [0.25, 0.3) is 16.9 Å². The maximum Gasteiger partial charge on any atom is 0.257 e. The van der Waals surface area contributed by atoms with Gasteiger partial charge in [0.1, 0.15) is 5.56 Å². The topological polar surface area (TPSA) is 92.7 Å². The molecule has 25 heavy (non-hydrogen) atoms. The Labute approximate surface area is 142 Å². The quantitative estimate of drug-likeness (QED) is 0.598. The van der Waals surface area contributed by atoms with Gasteiger partial charge in [0.25, 0.3) is 5.91 Å². The maximum atomic E-state index is 12.5. The van der Waals surface area contributed by atoms with Crippen molar-refractivity contribution in [1.29, 1.82) is 0 Å². The standard InChI is InChI=1S/C18H14N4O3/c23-16-8-15(13-6-7-25-11-13)21-17-14(10-20-22(16)17)18(24)19-9-12-4-2-1-3-5-12/h1-8,10-11,23H,9H2,(H,19,24). The monoisotopic (exact) mass is 334 g/mol. The van der Waals surface area contributed by atoms with Crippen LogP contribution in [0.5, 0.6) is 5.88 Å². The van der Waals surface area contributed by atoms with E-state index in [9.17, 15) is 9.90 Å². The fraction of sp³-hybridized carbons (Fsp3) is 0.0556. The molecule has 1 amide bonds. The van der Waals surface area contributed by atoms with E-state index in [0.717, 1.165) is 5.56 Å². The molecule has 0 unspecified atom stereocenters. The third-order valence-electron chi connectivity index (χ3n) is 3.81. The van der Waals surface area contributed by atoms with Crippen LogP contribution in [0.15, 0.2) is 65.6 Å². The number of amides is 1. The van der Waals surface area contributed by atoms with Crippen LogP contribution < -0.4 is 5.32 Å². The Morgan fingerprint density at radius 3 is 2.84 bits per heavy atom. The molecule has 0 saturated heterocycles. The molecule has 0 aliphatic rings. The number of nitrogens with zero attached hydrogens (tertiary/aromatic N) is 3. The first-order valence-corrected chi connectivity index (χ1v) is 7.65. The highest BCUT2D eigenvalue weighted by Crippen LogP contribution is 2.24. The summed E-state index contributed by atoms with van der Waals surface area (Å²) in [5.41, 5.74) is 2.76. The number of carbonyl (C=O) groups excluding carboxylic acids is 1. The minimum Gasteiger partial charge on any atom is -0.493 e. The molecule has 0 bridgehead atoms. The molecule has 0 aliphatic heterocycles. The highest BCUT2D eigenvalue weighted by atomic mass is 16.3. The lowest BCUT2D eigenvalue weighted by molar-refractivity contribution is 0.0952. The van der Waals surface area contributed by atoms with Crippen LogP contribution in [0.1, 0.15) is 15.9 Å². The van der Waals surface area contributed by atoms with Gasteiger partial charge in [0, 0.05) is 18.2 Å². The van der Waals surface area contributed by atoms with Crippen molar-refractivity contribution in [3.05, 3.63) is 72.3 Å². The minimum atomic E-state index is -0.310. The molecule has 3 aromatic heterocycles. The molecule has 1 aromatic carbocycles. The summed E-state index contributed by atoms with van der Waals surface area (Å²) < 4.78 is 6.27. The smallest absolute Gasteiger partial charge is 0.257 e. The summed E-state index contributed by atoms with van der Waals surface area (Å²) in [7, 11) is 0. The summed E-state index contributed by atoms with van der Waals surface area (Å²) in [6.07, 6.45) is 4.42. The predicted molar refractivity (Wildman–Crippen MR) is 90.0 cm³/mol. The number of rotatable bonds is 4. The van der Waals surface area contributed by atoms with Crippen molar-refractivity contribution < 1.29 is 14.3 Å². The van der Waals surface area contributed by atoms with Gasteiger partial charge >= 0.3 is 0 Å². The van der Waals surface area contributed by atoms with Crippen LogP contribution in [0, 0.1) is 0 Å². The van der Waals surface area contributed by atoms with Gasteiger partial charge in [0.15, 0.2) is 5.65 Å². The van der Waals surface area contributed by atoms with Crippen molar-refractivity contribution in [2.24, 2.45) is 0 Å². The first-order valence-electron chi connectivity index (χ1n) is 7.65. The number of hydrogen-bond donors (Lipinski definition) is 2. The van der Waals surface area contributed by atoms with Crippen molar-refractivity contribution in [2.45, 2.75) is 6.54 Å². The third kappa shape index (κ3) is 2.83.